The highest BCUT2D eigenvalue weighted by Gasteiger charge is 2.33. The van der Waals surface area contributed by atoms with E-state index >= 15 is 0 Å². The standard InChI is InChI=1S/C27H31N5O5S/c1-30-23-18(29-24(30)19-11-16-7-9-38-26(16)32(19)13-15-4-3-5-15)10-17(12-21(23)36-2)25(34)31-8-6-20(33)22(14-31)37-27(28)35/h7,9-12,15,20,22,33H,3-6,8,13-14H2,1-2H3,(H2,28,35)/t20-,22+/m1/s1. The number of primary amides is 1. The third-order valence-electron chi connectivity index (χ3n) is 7.88. The number of benzene rings is 1. The Morgan fingerprint density at radius 2 is 2.05 bits per heavy atom. The van der Waals surface area contributed by atoms with Crippen molar-refractivity contribution in [3.63, 3.8) is 0 Å². The smallest absolute Gasteiger partial charge is 0.404 e. The molecule has 2 amide bonds. The molecule has 0 unspecified atom stereocenters. The Balaban J connectivity index is 1.38. The summed E-state index contributed by atoms with van der Waals surface area (Å²) in [5.74, 6) is 1.80. The Hall–Kier alpha value is -3.57. The van der Waals surface area contributed by atoms with Gasteiger partial charge < -0.3 is 34.3 Å². The van der Waals surface area contributed by atoms with Gasteiger partial charge in [0.05, 0.1) is 31.0 Å². The Bertz CT molecular complexity index is 1530. The van der Waals surface area contributed by atoms with Crippen LogP contribution in [0.25, 0.3) is 32.8 Å². The van der Waals surface area contributed by atoms with Crippen molar-refractivity contribution in [3.05, 3.63) is 35.2 Å². The zero-order valence-electron chi connectivity index (χ0n) is 21.4. The van der Waals surface area contributed by atoms with Crippen molar-refractivity contribution in [2.45, 2.75) is 44.4 Å². The second-order valence-electron chi connectivity index (χ2n) is 10.2. The quantitative estimate of drug-likeness (QED) is 0.386. The molecule has 38 heavy (non-hydrogen) atoms. The first kappa shape index (κ1) is 24.7. The Morgan fingerprint density at radius 1 is 1.24 bits per heavy atom. The number of imidazole rings is 1. The van der Waals surface area contributed by atoms with Gasteiger partial charge in [-0.1, -0.05) is 6.42 Å². The zero-order valence-corrected chi connectivity index (χ0v) is 22.2. The predicted octanol–water partition coefficient (Wildman–Crippen LogP) is 3.74. The van der Waals surface area contributed by atoms with Crippen LogP contribution in [0.5, 0.6) is 5.75 Å². The minimum absolute atomic E-state index is 0.0577. The van der Waals surface area contributed by atoms with E-state index in [1.807, 2.05) is 11.6 Å². The number of aliphatic hydroxyl groups excluding tert-OH is 1. The molecule has 2 atom stereocenters. The number of likely N-dealkylation sites (tertiary alicyclic amines) is 1. The van der Waals surface area contributed by atoms with Gasteiger partial charge in [-0.25, -0.2) is 9.78 Å². The number of aromatic nitrogens is 3. The van der Waals surface area contributed by atoms with Crippen LogP contribution in [0.4, 0.5) is 4.79 Å². The van der Waals surface area contributed by atoms with Gasteiger partial charge in [0.1, 0.15) is 22.2 Å². The van der Waals surface area contributed by atoms with Gasteiger partial charge in [-0.2, -0.15) is 0 Å². The largest absolute Gasteiger partial charge is 0.494 e. The molecule has 0 bridgehead atoms. The molecular weight excluding hydrogens is 506 g/mol. The van der Waals surface area contributed by atoms with Crippen LogP contribution in [0.15, 0.2) is 29.6 Å². The summed E-state index contributed by atoms with van der Waals surface area (Å²) in [7, 11) is 3.56. The molecule has 1 aliphatic heterocycles. The van der Waals surface area contributed by atoms with Crippen LogP contribution < -0.4 is 10.5 Å². The molecular formula is C27H31N5O5S. The van der Waals surface area contributed by atoms with Gasteiger partial charge in [-0.05, 0) is 54.8 Å². The first-order chi connectivity index (χ1) is 18.3. The van der Waals surface area contributed by atoms with Gasteiger partial charge in [-0.15, -0.1) is 11.3 Å². The second kappa shape index (κ2) is 9.63. The van der Waals surface area contributed by atoms with E-state index in [0.717, 1.165) is 23.6 Å². The van der Waals surface area contributed by atoms with Crippen LogP contribution >= 0.6 is 11.3 Å². The molecule has 10 nitrogen and oxygen atoms in total. The van der Waals surface area contributed by atoms with E-state index in [0.29, 0.717) is 29.3 Å². The van der Waals surface area contributed by atoms with Gasteiger partial charge in [0.15, 0.2) is 5.82 Å². The molecule has 1 aliphatic carbocycles. The molecule has 0 radical (unpaired) electrons. The molecule has 3 N–H and O–H groups in total. The Labute approximate surface area is 223 Å². The van der Waals surface area contributed by atoms with Gasteiger partial charge in [0.25, 0.3) is 5.91 Å². The van der Waals surface area contributed by atoms with Crippen LogP contribution in [-0.2, 0) is 18.3 Å². The number of aryl methyl sites for hydroxylation is 1. The zero-order chi connectivity index (χ0) is 26.6. The average Bonchev–Trinajstić information content (AvgIpc) is 3.55. The summed E-state index contributed by atoms with van der Waals surface area (Å²) in [6.07, 6.45) is 1.37. The number of aliphatic hydroxyl groups is 1. The van der Waals surface area contributed by atoms with Crippen molar-refractivity contribution in [2.24, 2.45) is 18.7 Å². The number of piperidine rings is 1. The summed E-state index contributed by atoms with van der Waals surface area (Å²) in [4.78, 5) is 32.5. The topological polar surface area (TPSA) is 125 Å². The SMILES string of the molecule is COc1cc(C(=O)N2CC[C@@H](O)[C@@H](OC(N)=O)C2)cc2nc(-c3cc4ccsc4n3CC3CCC3)n(C)c12. The van der Waals surface area contributed by atoms with Gasteiger partial charge >= 0.3 is 6.09 Å². The lowest BCUT2D eigenvalue weighted by atomic mass is 9.85. The Kier molecular flexibility index (Phi) is 6.27. The second-order valence-corrected chi connectivity index (χ2v) is 11.1. The number of hydrogen-bond acceptors (Lipinski definition) is 7. The molecule has 0 spiro atoms. The number of amides is 2. The fraction of sp³-hybridized carbons (Fsp3) is 0.444. The fourth-order valence-electron chi connectivity index (χ4n) is 5.63. The molecule has 11 heteroatoms. The van der Waals surface area contributed by atoms with E-state index < -0.39 is 18.3 Å². The molecule has 2 aliphatic rings. The van der Waals surface area contributed by atoms with Crippen LogP contribution in [0.1, 0.15) is 36.0 Å². The number of ether oxygens (including phenoxy) is 2. The maximum absolute atomic E-state index is 13.5. The minimum atomic E-state index is -0.977. The van der Waals surface area contributed by atoms with Crippen molar-refractivity contribution in [1.29, 1.82) is 0 Å². The summed E-state index contributed by atoms with van der Waals surface area (Å²) in [6.45, 7) is 1.36. The number of thiophene rings is 1. The lowest BCUT2D eigenvalue weighted by Gasteiger charge is -2.35. The number of rotatable bonds is 6. The van der Waals surface area contributed by atoms with Gasteiger partial charge in [0, 0.05) is 31.1 Å². The third-order valence-corrected chi connectivity index (χ3v) is 8.83. The summed E-state index contributed by atoms with van der Waals surface area (Å²) < 4.78 is 15.2. The van der Waals surface area contributed by atoms with Crippen molar-refractivity contribution >= 4 is 44.6 Å². The number of fused-ring (bicyclic) bond motifs is 2. The van der Waals surface area contributed by atoms with E-state index in [-0.39, 0.29) is 18.9 Å². The highest BCUT2D eigenvalue weighted by Crippen LogP contribution is 2.38. The number of carbonyl (C=O) groups is 2. The first-order valence-corrected chi connectivity index (χ1v) is 13.8. The van der Waals surface area contributed by atoms with E-state index in [1.54, 1.807) is 35.5 Å². The van der Waals surface area contributed by atoms with E-state index in [4.69, 9.17) is 20.2 Å². The van der Waals surface area contributed by atoms with Crippen molar-refractivity contribution < 1.29 is 24.2 Å². The van der Waals surface area contributed by atoms with Crippen molar-refractivity contribution in [1.82, 2.24) is 19.0 Å². The van der Waals surface area contributed by atoms with Crippen LogP contribution in [0, 0.1) is 5.92 Å². The summed E-state index contributed by atoms with van der Waals surface area (Å²) in [5.41, 5.74) is 8.09. The molecule has 2 fully saturated rings. The van der Waals surface area contributed by atoms with Crippen molar-refractivity contribution in [2.75, 3.05) is 20.2 Å². The fourth-order valence-corrected chi connectivity index (χ4v) is 6.54. The molecule has 6 rings (SSSR count). The molecule has 3 aromatic heterocycles. The van der Waals surface area contributed by atoms with Gasteiger partial charge in [-0.3, -0.25) is 4.79 Å². The maximum atomic E-state index is 13.5. The predicted molar refractivity (Wildman–Crippen MR) is 144 cm³/mol. The highest BCUT2D eigenvalue weighted by molar-refractivity contribution is 7.16. The normalized spacial score (nSPS) is 20.1. The highest BCUT2D eigenvalue weighted by atomic mass is 32.1. The lowest BCUT2D eigenvalue weighted by Crippen LogP contribution is -2.51. The number of hydrogen-bond donors (Lipinski definition) is 2. The summed E-state index contributed by atoms with van der Waals surface area (Å²) >= 11 is 1.75. The molecule has 4 aromatic rings. The summed E-state index contributed by atoms with van der Waals surface area (Å²) in [5, 5.41) is 13.5. The monoisotopic (exact) mass is 537 g/mol. The van der Waals surface area contributed by atoms with Crippen LogP contribution in [0.3, 0.4) is 0 Å². The maximum Gasteiger partial charge on any atom is 0.404 e. The number of methoxy groups -OCH3 is 1. The Morgan fingerprint density at radius 3 is 2.76 bits per heavy atom. The van der Waals surface area contributed by atoms with Crippen molar-refractivity contribution in [3.8, 4) is 17.3 Å². The van der Waals surface area contributed by atoms with E-state index in [1.165, 1.54) is 29.5 Å². The molecule has 1 saturated heterocycles. The average molecular weight is 538 g/mol. The van der Waals surface area contributed by atoms with Gasteiger partial charge in [0.2, 0.25) is 0 Å². The molecule has 1 saturated carbocycles. The number of carbonyl (C=O) groups excluding carboxylic acids is 2. The third kappa shape index (κ3) is 4.19. The van der Waals surface area contributed by atoms with Crippen LogP contribution in [-0.4, -0.2) is 68.5 Å². The molecule has 4 heterocycles. The van der Waals surface area contributed by atoms with E-state index in [9.17, 15) is 14.7 Å². The number of nitrogens with two attached hydrogens (primary N) is 1. The molecule has 200 valence electrons. The summed E-state index contributed by atoms with van der Waals surface area (Å²) in [6, 6.07) is 7.84. The number of nitrogens with zero attached hydrogens (tertiary/aromatic N) is 4. The molecule has 1 aromatic carbocycles. The van der Waals surface area contributed by atoms with Crippen LogP contribution in [0.2, 0.25) is 0 Å². The van der Waals surface area contributed by atoms with E-state index in [2.05, 4.69) is 22.1 Å². The first-order valence-electron chi connectivity index (χ1n) is 12.9. The lowest BCUT2D eigenvalue weighted by molar-refractivity contribution is -0.0383. The minimum Gasteiger partial charge on any atom is -0.494 e.